The Labute approximate surface area is 122 Å². The van der Waals surface area contributed by atoms with Crippen molar-refractivity contribution in [3.8, 4) is 0 Å². The maximum absolute atomic E-state index is 12.3. The predicted molar refractivity (Wildman–Crippen MR) is 82.1 cm³/mol. The van der Waals surface area contributed by atoms with Gasteiger partial charge in [-0.2, -0.15) is 0 Å². The first-order valence-corrected chi connectivity index (χ1v) is 8.75. The number of nitrogens with one attached hydrogen (secondary N) is 2. The fourth-order valence-corrected chi connectivity index (χ4v) is 3.40. The Morgan fingerprint density at radius 3 is 2.50 bits per heavy atom. The largest absolute Gasteiger partial charge is 0.313 e. The first-order chi connectivity index (χ1) is 9.40. The maximum Gasteiger partial charge on any atom is 0.216 e. The van der Waals surface area contributed by atoms with Crippen LogP contribution in [0.1, 0.15) is 43.9 Å². The van der Waals surface area contributed by atoms with E-state index in [2.05, 4.69) is 10.0 Å². The first-order valence-electron chi connectivity index (χ1n) is 7.20. The molecule has 2 N–H and O–H groups in total. The van der Waals surface area contributed by atoms with Crippen LogP contribution in [-0.2, 0) is 10.0 Å². The van der Waals surface area contributed by atoms with Crippen molar-refractivity contribution >= 4 is 10.0 Å². The minimum Gasteiger partial charge on any atom is -0.313 e. The predicted octanol–water partition coefficient (Wildman–Crippen LogP) is 2.12. The van der Waals surface area contributed by atoms with Gasteiger partial charge in [-0.3, -0.25) is 0 Å². The third-order valence-electron chi connectivity index (χ3n) is 3.80. The highest BCUT2D eigenvalue weighted by Gasteiger charge is 2.27. The molecular weight excluding hydrogens is 272 g/mol. The number of aryl methyl sites for hydroxylation is 1. The summed E-state index contributed by atoms with van der Waals surface area (Å²) >= 11 is 0. The van der Waals surface area contributed by atoms with Gasteiger partial charge in [0.25, 0.3) is 0 Å². The van der Waals surface area contributed by atoms with E-state index >= 15 is 0 Å². The van der Waals surface area contributed by atoms with Gasteiger partial charge >= 0.3 is 0 Å². The fraction of sp³-hybridized carbons (Fsp3) is 0.600. The van der Waals surface area contributed by atoms with E-state index in [1.165, 1.54) is 12.8 Å². The molecule has 2 unspecified atom stereocenters. The van der Waals surface area contributed by atoms with E-state index in [0.717, 1.165) is 11.1 Å². The van der Waals surface area contributed by atoms with E-state index in [0.29, 0.717) is 12.6 Å². The van der Waals surface area contributed by atoms with Crippen LogP contribution in [0.15, 0.2) is 24.3 Å². The van der Waals surface area contributed by atoms with Gasteiger partial charge in [0.05, 0.1) is 5.25 Å². The second-order valence-electron chi connectivity index (χ2n) is 5.73. The van der Waals surface area contributed by atoms with Crippen molar-refractivity contribution in [2.45, 2.75) is 50.9 Å². The summed E-state index contributed by atoms with van der Waals surface area (Å²) in [5.41, 5.74) is 2.13. The summed E-state index contributed by atoms with van der Waals surface area (Å²) in [5.74, 6) is 0. The van der Waals surface area contributed by atoms with Crippen LogP contribution in [0.2, 0.25) is 0 Å². The zero-order valence-corrected chi connectivity index (χ0v) is 13.2. The highest BCUT2D eigenvalue weighted by molar-refractivity contribution is 7.90. The summed E-state index contributed by atoms with van der Waals surface area (Å²) in [7, 11) is -3.30. The van der Waals surface area contributed by atoms with Crippen LogP contribution in [0.25, 0.3) is 0 Å². The molecule has 1 aliphatic rings. The monoisotopic (exact) mass is 296 g/mol. The van der Waals surface area contributed by atoms with Crippen LogP contribution in [-0.4, -0.2) is 26.3 Å². The van der Waals surface area contributed by atoms with Crippen molar-refractivity contribution in [1.29, 1.82) is 0 Å². The van der Waals surface area contributed by atoms with Gasteiger partial charge < -0.3 is 5.32 Å². The second-order valence-corrected chi connectivity index (χ2v) is 7.86. The number of hydrogen-bond donors (Lipinski definition) is 2. The zero-order valence-electron chi connectivity index (χ0n) is 12.4. The topological polar surface area (TPSA) is 58.2 Å². The van der Waals surface area contributed by atoms with Gasteiger partial charge in [0, 0.05) is 18.6 Å². The summed E-state index contributed by atoms with van der Waals surface area (Å²) in [6.07, 6.45) is 2.33. The number of rotatable bonds is 7. The van der Waals surface area contributed by atoms with Gasteiger partial charge in [-0.05, 0) is 44.7 Å². The molecule has 1 fully saturated rings. The number of hydrogen-bond acceptors (Lipinski definition) is 3. The molecular formula is C15H24N2O2S. The minimum atomic E-state index is -3.30. The van der Waals surface area contributed by atoms with Crippen LogP contribution < -0.4 is 10.0 Å². The molecule has 0 aliphatic heterocycles. The molecule has 20 heavy (non-hydrogen) atoms. The van der Waals surface area contributed by atoms with Gasteiger partial charge in [-0.1, -0.05) is 24.3 Å². The molecule has 112 valence electrons. The first kappa shape index (κ1) is 15.5. The smallest absolute Gasteiger partial charge is 0.216 e. The van der Waals surface area contributed by atoms with Gasteiger partial charge in [-0.15, -0.1) is 0 Å². The summed E-state index contributed by atoms with van der Waals surface area (Å²) in [6.45, 7) is 6.15. The lowest BCUT2D eigenvalue weighted by Gasteiger charge is -2.20. The quantitative estimate of drug-likeness (QED) is 0.810. The van der Waals surface area contributed by atoms with Gasteiger partial charge in [-0.25, -0.2) is 13.1 Å². The Balaban J connectivity index is 1.97. The number of sulfonamides is 1. The molecule has 2 rings (SSSR count). The van der Waals surface area contributed by atoms with Crippen molar-refractivity contribution in [3.63, 3.8) is 0 Å². The molecule has 1 aromatic rings. The Kier molecular flexibility index (Phi) is 4.83. The molecule has 0 aromatic heterocycles. The fourth-order valence-electron chi connectivity index (χ4n) is 2.23. The van der Waals surface area contributed by atoms with Gasteiger partial charge in [0.2, 0.25) is 10.0 Å². The minimum absolute atomic E-state index is 0.204. The Morgan fingerprint density at radius 2 is 1.90 bits per heavy atom. The maximum atomic E-state index is 12.3. The summed E-state index contributed by atoms with van der Waals surface area (Å²) < 4.78 is 27.4. The molecule has 4 nitrogen and oxygen atoms in total. The molecule has 1 saturated carbocycles. The molecule has 0 radical (unpaired) electrons. The molecule has 5 heteroatoms. The van der Waals surface area contributed by atoms with Crippen molar-refractivity contribution in [3.05, 3.63) is 35.4 Å². The Bertz CT molecular complexity index is 553. The van der Waals surface area contributed by atoms with Gasteiger partial charge in [0.15, 0.2) is 0 Å². The van der Waals surface area contributed by atoms with Crippen molar-refractivity contribution in [2.24, 2.45) is 0 Å². The van der Waals surface area contributed by atoms with Crippen molar-refractivity contribution in [1.82, 2.24) is 10.0 Å². The standard InChI is InChI=1S/C15H24N2O2S/c1-11-6-4-5-7-15(11)13(3)17-20(18,19)12(2)10-16-14-8-9-14/h4-7,12-14,16-17H,8-10H2,1-3H3. The van der Waals surface area contributed by atoms with E-state index < -0.39 is 15.3 Å². The van der Waals surface area contributed by atoms with Crippen LogP contribution in [0.4, 0.5) is 0 Å². The lowest BCUT2D eigenvalue weighted by atomic mass is 10.0. The molecule has 1 aliphatic carbocycles. The molecule has 0 spiro atoms. The molecule has 1 aromatic carbocycles. The van der Waals surface area contributed by atoms with Crippen LogP contribution in [0.5, 0.6) is 0 Å². The van der Waals surface area contributed by atoms with E-state index in [9.17, 15) is 8.42 Å². The van der Waals surface area contributed by atoms with Crippen molar-refractivity contribution < 1.29 is 8.42 Å². The average molecular weight is 296 g/mol. The van der Waals surface area contributed by atoms with Crippen LogP contribution in [0.3, 0.4) is 0 Å². The highest BCUT2D eigenvalue weighted by Crippen LogP contribution is 2.20. The number of benzene rings is 1. The van der Waals surface area contributed by atoms with E-state index in [4.69, 9.17) is 0 Å². The normalized spacial score (nSPS) is 18.8. The lowest BCUT2D eigenvalue weighted by Crippen LogP contribution is -2.40. The molecule has 0 heterocycles. The van der Waals surface area contributed by atoms with Crippen LogP contribution in [0, 0.1) is 6.92 Å². The van der Waals surface area contributed by atoms with E-state index in [1.54, 1.807) is 6.92 Å². The second kappa shape index (κ2) is 6.24. The third-order valence-corrected chi connectivity index (χ3v) is 5.71. The molecule has 0 amide bonds. The third kappa shape index (κ3) is 4.04. The zero-order chi connectivity index (χ0) is 14.8. The van der Waals surface area contributed by atoms with Crippen LogP contribution >= 0.6 is 0 Å². The molecule has 2 atom stereocenters. The van der Waals surface area contributed by atoms with E-state index in [-0.39, 0.29) is 6.04 Å². The lowest BCUT2D eigenvalue weighted by molar-refractivity contribution is 0.544. The average Bonchev–Trinajstić information content (AvgIpc) is 3.19. The molecule has 0 bridgehead atoms. The molecule has 0 saturated heterocycles. The Hall–Kier alpha value is -0.910. The summed E-state index contributed by atoms with van der Waals surface area (Å²) in [5, 5.41) is 2.85. The van der Waals surface area contributed by atoms with Crippen molar-refractivity contribution in [2.75, 3.05) is 6.54 Å². The van der Waals surface area contributed by atoms with Gasteiger partial charge in [0.1, 0.15) is 0 Å². The summed E-state index contributed by atoms with van der Waals surface area (Å²) in [6, 6.07) is 8.19. The van der Waals surface area contributed by atoms with E-state index in [1.807, 2.05) is 38.1 Å². The SMILES string of the molecule is Cc1ccccc1C(C)NS(=O)(=O)C(C)CNC1CC1. The summed E-state index contributed by atoms with van der Waals surface area (Å²) in [4.78, 5) is 0. The highest BCUT2D eigenvalue weighted by atomic mass is 32.2. The Morgan fingerprint density at radius 1 is 1.25 bits per heavy atom.